The fourth-order valence-corrected chi connectivity index (χ4v) is 2.45. The van der Waals surface area contributed by atoms with E-state index >= 15 is 0 Å². The second-order valence-corrected chi connectivity index (χ2v) is 5.59. The largest absolute Gasteiger partial charge is 0.496 e. The summed E-state index contributed by atoms with van der Waals surface area (Å²) in [5.41, 5.74) is 1.06. The molecule has 0 bridgehead atoms. The van der Waals surface area contributed by atoms with Crippen LogP contribution in [0, 0.1) is 0 Å². The summed E-state index contributed by atoms with van der Waals surface area (Å²) in [6, 6.07) is 5.21. The molecule has 1 aliphatic rings. The molecule has 24 heavy (non-hydrogen) atoms. The van der Waals surface area contributed by atoms with Crippen molar-refractivity contribution in [2.75, 3.05) is 21.3 Å². The van der Waals surface area contributed by atoms with Gasteiger partial charge in [-0.3, -0.25) is 4.79 Å². The Morgan fingerprint density at radius 3 is 2.42 bits per heavy atom. The molecular weight excluding hydrogens is 312 g/mol. The lowest BCUT2D eigenvalue weighted by molar-refractivity contribution is 0.0941. The maximum atomic E-state index is 12.2. The lowest BCUT2D eigenvalue weighted by Crippen LogP contribution is -2.23. The zero-order valence-electron chi connectivity index (χ0n) is 13.9. The van der Waals surface area contributed by atoms with Crippen molar-refractivity contribution in [1.29, 1.82) is 0 Å². The third-order valence-corrected chi connectivity index (χ3v) is 3.97. The van der Waals surface area contributed by atoms with E-state index < -0.39 is 0 Å². The van der Waals surface area contributed by atoms with Gasteiger partial charge in [0.2, 0.25) is 0 Å². The van der Waals surface area contributed by atoms with Gasteiger partial charge >= 0.3 is 0 Å². The summed E-state index contributed by atoms with van der Waals surface area (Å²) in [5, 5.41) is 6.64. The molecule has 0 radical (unpaired) electrons. The van der Waals surface area contributed by atoms with Gasteiger partial charge in [-0.1, -0.05) is 5.16 Å². The van der Waals surface area contributed by atoms with E-state index in [0.29, 0.717) is 23.2 Å². The van der Waals surface area contributed by atoms with Crippen LogP contribution in [0.25, 0.3) is 0 Å². The summed E-state index contributed by atoms with van der Waals surface area (Å²) in [7, 11) is 4.67. The highest BCUT2D eigenvalue weighted by atomic mass is 16.5. The van der Waals surface area contributed by atoms with E-state index in [-0.39, 0.29) is 18.1 Å². The normalized spacial score (nSPS) is 13.5. The summed E-state index contributed by atoms with van der Waals surface area (Å²) in [4.78, 5) is 12.2. The quantitative estimate of drug-likeness (QED) is 0.839. The van der Waals surface area contributed by atoms with E-state index in [1.807, 2.05) is 0 Å². The topological polar surface area (TPSA) is 82.8 Å². The fourth-order valence-electron chi connectivity index (χ4n) is 2.45. The van der Waals surface area contributed by atoms with Crippen LogP contribution in [0.15, 0.2) is 22.7 Å². The Bertz CT molecular complexity index is 737. The van der Waals surface area contributed by atoms with Gasteiger partial charge in [0.1, 0.15) is 11.5 Å². The lowest BCUT2D eigenvalue weighted by atomic mass is 10.1. The van der Waals surface area contributed by atoms with Gasteiger partial charge in [-0.25, -0.2) is 0 Å². The van der Waals surface area contributed by atoms with Gasteiger partial charge < -0.3 is 24.1 Å². The summed E-state index contributed by atoms with van der Waals surface area (Å²) < 4.78 is 21.1. The summed E-state index contributed by atoms with van der Waals surface area (Å²) in [5.74, 6) is 2.65. The molecule has 2 aromatic rings. The molecule has 0 saturated heterocycles. The molecular formula is C17H20N2O5. The van der Waals surface area contributed by atoms with Crippen molar-refractivity contribution >= 4 is 5.91 Å². The second kappa shape index (κ2) is 6.82. The maximum Gasteiger partial charge on any atom is 0.273 e. The summed E-state index contributed by atoms with van der Waals surface area (Å²) >= 11 is 0. The highest BCUT2D eigenvalue weighted by Gasteiger charge is 2.28. The smallest absolute Gasteiger partial charge is 0.273 e. The number of hydrogen-bond acceptors (Lipinski definition) is 6. The van der Waals surface area contributed by atoms with Crippen LogP contribution in [0.4, 0.5) is 0 Å². The highest BCUT2D eigenvalue weighted by Crippen LogP contribution is 2.40. The minimum absolute atomic E-state index is 0.272. The van der Waals surface area contributed by atoms with Crippen LogP contribution < -0.4 is 19.5 Å². The number of ether oxygens (including phenoxy) is 3. The minimum atomic E-state index is -0.289. The summed E-state index contributed by atoms with van der Waals surface area (Å²) in [6.07, 6.45) is 2.19. The van der Waals surface area contributed by atoms with Crippen LogP contribution in [-0.4, -0.2) is 32.4 Å². The molecule has 0 spiro atoms. The van der Waals surface area contributed by atoms with E-state index in [0.717, 1.165) is 24.2 Å². The predicted molar refractivity (Wildman–Crippen MR) is 85.7 cm³/mol. The standard InChI is InChI=1S/C17H20N2O5/c1-21-13-8-16(23-3)15(22-2)6-11(13)9-18-17(20)12-7-14(24-19-12)10-4-5-10/h6-8,10H,4-5,9H2,1-3H3,(H,18,20). The number of carbonyl (C=O) groups is 1. The molecule has 0 atom stereocenters. The van der Waals surface area contributed by atoms with Crippen molar-refractivity contribution < 1.29 is 23.5 Å². The van der Waals surface area contributed by atoms with E-state index in [4.69, 9.17) is 18.7 Å². The lowest BCUT2D eigenvalue weighted by Gasteiger charge is -2.14. The highest BCUT2D eigenvalue weighted by molar-refractivity contribution is 5.92. The van der Waals surface area contributed by atoms with E-state index in [9.17, 15) is 4.79 Å². The van der Waals surface area contributed by atoms with Crippen molar-refractivity contribution in [2.45, 2.75) is 25.3 Å². The Kier molecular flexibility index (Phi) is 4.59. The third-order valence-electron chi connectivity index (χ3n) is 3.97. The van der Waals surface area contributed by atoms with Crippen molar-refractivity contribution in [1.82, 2.24) is 10.5 Å². The molecule has 7 heteroatoms. The number of benzene rings is 1. The van der Waals surface area contributed by atoms with Gasteiger partial charge in [0.05, 0.1) is 21.3 Å². The van der Waals surface area contributed by atoms with Gasteiger partial charge in [-0.2, -0.15) is 0 Å². The van der Waals surface area contributed by atoms with Crippen LogP contribution in [0.5, 0.6) is 17.2 Å². The minimum Gasteiger partial charge on any atom is -0.496 e. The fraction of sp³-hybridized carbons (Fsp3) is 0.412. The molecule has 1 amide bonds. The van der Waals surface area contributed by atoms with Crippen molar-refractivity contribution in [3.8, 4) is 17.2 Å². The third kappa shape index (κ3) is 3.29. The number of nitrogens with zero attached hydrogens (tertiary/aromatic N) is 1. The molecule has 0 unspecified atom stereocenters. The molecule has 7 nitrogen and oxygen atoms in total. The predicted octanol–water partition coefficient (Wildman–Crippen LogP) is 2.51. The number of hydrogen-bond donors (Lipinski definition) is 1. The van der Waals surface area contributed by atoms with Crippen molar-refractivity contribution in [3.05, 3.63) is 35.2 Å². The zero-order chi connectivity index (χ0) is 17.1. The van der Waals surface area contributed by atoms with Gasteiger partial charge in [0.15, 0.2) is 17.2 Å². The van der Waals surface area contributed by atoms with Gasteiger partial charge in [-0.05, 0) is 18.9 Å². The second-order valence-electron chi connectivity index (χ2n) is 5.59. The Balaban J connectivity index is 1.71. The molecule has 1 aromatic heterocycles. The first-order valence-electron chi connectivity index (χ1n) is 7.70. The molecule has 1 fully saturated rings. The average Bonchev–Trinajstić information content (AvgIpc) is 3.35. The number of amides is 1. The van der Waals surface area contributed by atoms with Crippen LogP contribution >= 0.6 is 0 Å². The molecule has 1 heterocycles. The molecule has 128 valence electrons. The number of carbonyl (C=O) groups excluding carboxylic acids is 1. The Hall–Kier alpha value is -2.70. The number of aromatic nitrogens is 1. The van der Waals surface area contributed by atoms with Crippen molar-refractivity contribution in [2.24, 2.45) is 0 Å². The van der Waals surface area contributed by atoms with Gasteiger partial charge in [0.25, 0.3) is 5.91 Å². The van der Waals surface area contributed by atoms with Gasteiger partial charge in [0, 0.05) is 30.2 Å². The Morgan fingerprint density at radius 1 is 1.12 bits per heavy atom. The number of rotatable bonds is 7. The molecule has 1 N–H and O–H groups in total. The first-order chi connectivity index (χ1) is 11.7. The van der Waals surface area contributed by atoms with Crippen molar-refractivity contribution in [3.63, 3.8) is 0 Å². The Labute approximate surface area is 139 Å². The average molecular weight is 332 g/mol. The summed E-state index contributed by atoms with van der Waals surface area (Å²) in [6.45, 7) is 0.272. The van der Waals surface area contributed by atoms with Crippen LogP contribution in [0.1, 0.15) is 40.6 Å². The maximum absolute atomic E-state index is 12.2. The molecule has 1 saturated carbocycles. The van der Waals surface area contributed by atoms with Crippen LogP contribution in [0.3, 0.4) is 0 Å². The first-order valence-corrected chi connectivity index (χ1v) is 7.70. The number of methoxy groups -OCH3 is 3. The van der Waals surface area contributed by atoms with Crippen LogP contribution in [0.2, 0.25) is 0 Å². The first kappa shape index (κ1) is 16.2. The zero-order valence-corrected chi connectivity index (χ0v) is 13.9. The SMILES string of the molecule is COc1cc(OC)c(OC)cc1CNC(=O)c1cc(C2CC2)on1. The molecule has 0 aliphatic heterocycles. The molecule has 1 aliphatic carbocycles. The number of nitrogens with one attached hydrogen (secondary N) is 1. The van der Waals surface area contributed by atoms with Gasteiger partial charge in [-0.15, -0.1) is 0 Å². The van der Waals surface area contributed by atoms with Crippen LogP contribution in [-0.2, 0) is 6.54 Å². The monoisotopic (exact) mass is 332 g/mol. The Morgan fingerprint density at radius 2 is 1.79 bits per heavy atom. The van der Waals surface area contributed by atoms with E-state index in [2.05, 4.69) is 10.5 Å². The molecule has 3 rings (SSSR count). The molecule has 1 aromatic carbocycles. The van der Waals surface area contributed by atoms with E-state index in [1.165, 1.54) is 0 Å². The van der Waals surface area contributed by atoms with E-state index in [1.54, 1.807) is 39.5 Å².